The lowest BCUT2D eigenvalue weighted by Crippen LogP contribution is -2.16. The van der Waals surface area contributed by atoms with Gasteiger partial charge in [-0.15, -0.1) is 0 Å². The number of ether oxygens (including phenoxy) is 1. The van der Waals surface area contributed by atoms with E-state index in [1.807, 2.05) is 0 Å². The fraction of sp³-hybridized carbons (Fsp3) is 0.0625. The molecule has 27 heavy (non-hydrogen) atoms. The minimum Gasteiger partial charge on any atom is -0.468 e. The van der Waals surface area contributed by atoms with Gasteiger partial charge in [-0.1, -0.05) is 46.9 Å². The summed E-state index contributed by atoms with van der Waals surface area (Å²) < 4.78 is 33.1. The van der Waals surface area contributed by atoms with E-state index in [0.29, 0.717) is 5.69 Å². The van der Waals surface area contributed by atoms with Crippen LogP contribution < -0.4 is 9.46 Å². The third-order valence-electron chi connectivity index (χ3n) is 3.23. The molecule has 0 unspecified atom stereocenters. The largest absolute Gasteiger partial charge is 0.468 e. The summed E-state index contributed by atoms with van der Waals surface area (Å²) in [5, 5.41) is 0.0349. The zero-order valence-corrected chi connectivity index (χ0v) is 16.5. The number of sulfonamides is 1. The van der Waals surface area contributed by atoms with E-state index in [9.17, 15) is 8.42 Å². The number of hydrogen-bond acceptors (Lipinski definition) is 6. The van der Waals surface area contributed by atoms with Crippen LogP contribution in [0.3, 0.4) is 0 Å². The number of hydrogen-bond donors (Lipinski definition) is 1. The van der Waals surface area contributed by atoms with Gasteiger partial charge >= 0.3 is 0 Å². The number of nitrogens with zero attached hydrogens (tertiary/aromatic N) is 3. The van der Waals surface area contributed by atoms with E-state index in [-0.39, 0.29) is 38.4 Å². The van der Waals surface area contributed by atoms with Crippen LogP contribution in [0.5, 0.6) is 5.88 Å². The highest BCUT2D eigenvalue weighted by molar-refractivity contribution is 7.92. The maximum atomic E-state index is 12.7. The molecule has 0 atom stereocenters. The molecule has 1 N–H and O–H groups in total. The molecule has 7 nitrogen and oxygen atoms in total. The highest BCUT2D eigenvalue weighted by Gasteiger charge is 2.23. The van der Waals surface area contributed by atoms with Crippen LogP contribution in [0.25, 0.3) is 0 Å². The molecule has 2 aromatic heterocycles. The van der Waals surface area contributed by atoms with Gasteiger partial charge in [-0.2, -0.15) is 4.98 Å². The van der Waals surface area contributed by atoms with E-state index in [4.69, 9.17) is 39.5 Å². The predicted octanol–water partition coefficient (Wildman–Crippen LogP) is 4.21. The smallest absolute Gasteiger partial charge is 0.264 e. The SMILES string of the molecule is O=S(=O)(Nc1ncc(Cl)nc1OCc1ccccn1)c1cccc(Cl)c1Cl. The number of benzene rings is 1. The van der Waals surface area contributed by atoms with Gasteiger partial charge in [0.15, 0.2) is 5.15 Å². The molecular weight excluding hydrogens is 435 g/mol. The Bertz CT molecular complexity index is 1070. The molecular formula is C16H11Cl3N4O3S. The normalized spacial score (nSPS) is 11.2. The van der Waals surface area contributed by atoms with Crippen LogP contribution in [0, 0.1) is 0 Å². The lowest BCUT2D eigenvalue weighted by Gasteiger charge is -2.13. The Kier molecular flexibility index (Phi) is 6.01. The van der Waals surface area contributed by atoms with E-state index >= 15 is 0 Å². The summed E-state index contributed by atoms with van der Waals surface area (Å²) in [6.07, 6.45) is 2.79. The Balaban J connectivity index is 1.89. The van der Waals surface area contributed by atoms with Gasteiger partial charge in [0.2, 0.25) is 5.82 Å². The third-order valence-corrected chi connectivity index (χ3v) is 5.73. The second kappa shape index (κ2) is 8.26. The van der Waals surface area contributed by atoms with Crippen molar-refractivity contribution in [3.05, 3.63) is 69.7 Å². The second-order valence-corrected chi connectivity index (χ2v) is 7.94. The van der Waals surface area contributed by atoms with Gasteiger partial charge in [-0.3, -0.25) is 9.71 Å². The first-order chi connectivity index (χ1) is 12.9. The van der Waals surface area contributed by atoms with Crippen LogP contribution in [0.1, 0.15) is 5.69 Å². The molecule has 1 aromatic carbocycles. The molecule has 0 spiro atoms. The molecule has 0 aliphatic heterocycles. The monoisotopic (exact) mass is 444 g/mol. The van der Waals surface area contributed by atoms with Crippen molar-refractivity contribution in [2.24, 2.45) is 0 Å². The third kappa shape index (κ3) is 4.78. The van der Waals surface area contributed by atoms with Gasteiger partial charge in [0.25, 0.3) is 15.9 Å². The lowest BCUT2D eigenvalue weighted by molar-refractivity contribution is 0.290. The van der Waals surface area contributed by atoms with Crippen molar-refractivity contribution in [1.82, 2.24) is 15.0 Å². The van der Waals surface area contributed by atoms with Crippen molar-refractivity contribution in [2.45, 2.75) is 11.5 Å². The molecule has 2 heterocycles. The molecule has 3 rings (SSSR count). The van der Waals surface area contributed by atoms with E-state index in [1.54, 1.807) is 24.4 Å². The van der Waals surface area contributed by atoms with Crippen molar-refractivity contribution in [1.29, 1.82) is 0 Å². The molecule has 0 saturated carbocycles. The molecule has 140 valence electrons. The minimum absolute atomic E-state index is 0.0368. The summed E-state index contributed by atoms with van der Waals surface area (Å²) in [4.78, 5) is 11.8. The van der Waals surface area contributed by atoms with Crippen molar-refractivity contribution >= 4 is 50.6 Å². The van der Waals surface area contributed by atoms with E-state index in [0.717, 1.165) is 0 Å². The van der Waals surface area contributed by atoms with E-state index in [2.05, 4.69) is 19.7 Å². The van der Waals surface area contributed by atoms with E-state index < -0.39 is 10.0 Å². The average molecular weight is 446 g/mol. The van der Waals surface area contributed by atoms with Crippen molar-refractivity contribution in [2.75, 3.05) is 4.72 Å². The fourth-order valence-corrected chi connectivity index (χ4v) is 3.92. The molecule has 11 heteroatoms. The maximum Gasteiger partial charge on any atom is 0.264 e. The number of anilines is 1. The standard InChI is InChI=1S/C16H11Cl3N4O3S/c17-11-5-3-6-12(14(11)19)27(24,25)23-15-16(22-13(18)8-21-15)26-9-10-4-1-2-7-20-10/h1-8H,9H2,(H,21,23). The summed E-state index contributed by atoms with van der Waals surface area (Å²) in [5.74, 6) is -0.249. The van der Waals surface area contributed by atoms with Gasteiger partial charge in [0.1, 0.15) is 11.5 Å². The Morgan fingerprint density at radius 2 is 1.85 bits per heavy atom. The fourth-order valence-electron chi connectivity index (χ4n) is 2.02. The zero-order chi connectivity index (χ0) is 19.4. The maximum absolute atomic E-state index is 12.7. The summed E-state index contributed by atoms with van der Waals surface area (Å²) in [5.41, 5.74) is 0.617. The first-order valence-electron chi connectivity index (χ1n) is 7.39. The molecule has 3 aromatic rings. The van der Waals surface area contributed by atoms with Gasteiger partial charge in [0, 0.05) is 6.20 Å². The molecule has 0 aliphatic rings. The van der Waals surface area contributed by atoms with Crippen molar-refractivity contribution < 1.29 is 13.2 Å². The molecule has 0 saturated heterocycles. The predicted molar refractivity (Wildman–Crippen MR) is 103 cm³/mol. The Morgan fingerprint density at radius 3 is 2.59 bits per heavy atom. The first kappa shape index (κ1) is 19.6. The summed E-state index contributed by atoms with van der Waals surface area (Å²) in [6, 6.07) is 9.56. The van der Waals surface area contributed by atoms with Gasteiger partial charge in [-0.05, 0) is 24.3 Å². The van der Waals surface area contributed by atoms with Crippen LogP contribution in [-0.4, -0.2) is 23.4 Å². The van der Waals surface area contributed by atoms with E-state index in [1.165, 1.54) is 24.4 Å². The highest BCUT2D eigenvalue weighted by Crippen LogP contribution is 2.31. The Morgan fingerprint density at radius 1 is 1.04 bits per heavy atom. The minimum atomic E-state index is -4.09. The first-order valence-corrected chi connectivity index (χ1v) is 10.0. The van der Waals surface area contributed by atoms with Crippen LogP contribution in [0.4, 0.5) is 5.82 Å². The molecule has 0 aliphatic carbocycles. The summed E-state index contributed by atoms with van der Waals surface area (Å²) in [7, 11) is -4.09. The topological polar surface area (TPSA) is 94.1 Å². The quantitative estimate of drug-likeness (QED) is 0.611. The summed E-state index contributed by atoms with van der Waals surface area (Å²) >= 11 is 17.7. The molecule has 0 fully saturated rings. The number of aromatic nitrogens is 3. The van der Waals surface area contributed by atoms with Crippen molar-refractivity contribution in [3.8, 4) is 5.88 Å². The summed E-state index contributed by atoms with van der Waals surface area (Å²) in [6.45, 7) is 0.0442. The number of rotatable bonds is 6. The zero-order valence-electron chi connectivity index (χ0n) is 13.4. The lowest BCUT2D eigenvalue weighted by atomic mass is 10.4. The second-order valence-electron chi connectivity index (χ2n) is 5.11. The highest BCUT2D eigenvalue weighted by atomic mass is 35.5. The molecule has 0 radical (unpaired) electrons. The average Bonchev–Trinajstić information content (AvgIpc) is 2.64. The molecule has 0 amide bonds. The number of nitrogens with one attached hydrogen (secondary N) is 1. The Hall–Kier alpha value is -2.13. The number of pyridine rings is 1. The van der Waals surface area contributed by atoms with Crippen molar-refractivity contribution in [3.63, 3.8) is 0 Å². The van der Waals surface area contributed by atoms with Crippen LogP contribution in [0.2, 0.25) is 15.2 Å². The van der Waals surface area contributed by atoms with Crippen LogP contribution in [0.15, 0.2) is 53.7 Å². The Labute approximate surface area is 170 Å². The van der Waals surface area contributed by atoms with Crippen LogP contribution in [-0.2, 0) is 16.6 Å². The number of halogens is 3. The van der Waals surface area contributed by atoms with Gasteiger partial charge in [-0.25, -0.2) is 13.4 Å². The van der Waals surface area contributed by atoms with Gasteiger partial charge < -0.3 is 4.74 Å². The van der Waals surface area contributed by atoms with Gasteiger partial charge in [0.05, 0.1) is 21.9 Å². The van der Waals surface area contributed by atoms with Crippen LogP contribution >= 0.6 is 34.8 Å². The molecule has 0 bridgehead atoms.